The highest BCUT2D eigenvalue weighted by atomic mass is 32.1. The molecule has 0 spiro atoms. The molecule has 1 aliphatic heterocycles. The molecule has 26 heavy (non-hydrogen) atoms. The van der Waals surface area contributed by atoms with Gasteiger partial charge in [0.1, 0.15) is 5.69 Å². The SMILES string of the molecule is FC(F)(F)c1ncccc1CN1CCN(Cc2csc(C3CC3)n2)CC1. The Labute approximate surface area is 154 Å². The lowest BCUT2D eigenvalue weighted by Crippen LogP contribution is -2.45. The zero-order valence-corrected chi connectivity index (χ0v) is 15.2. The minimum Gasteiger partial charge on any atom is -0.296 e. The van der Waals surface area contributed by atoms with Crippen LogP contribution in [-0.2, 0) is 19.3 Å². The van der Waals surface area contributed by atoms with Crippen LogP contribution in [0.3, 0.4) is 0 Å². The number of pyridine rings is 1. The number of hydrogen-bond acceptors (Lipinski definition) is 5. The van der Waals surface area contributed by atoms with E-state index in [9.17, 15) is 13.2 Å². The summed E-state index contributed by atoms with van der Waals surface area (Å²) in [5, 5.41) is 3.40. The molecule has 0 aromatic carbocycles. The Morgan fingerprint density at radius 3 is 2.42 bits per heavy atom. The molecule has 1 aliphatic carbocycles. The molecule has 0 amide bonds. The van der Waals surface area contributed by atoms with Crippen LogP contribution in [0.5, 0.6) is 0 Å². The summed E-state index contributed by atoms with van der Waals surface area (Å²) < 4.78 is 39.2. The van der Waals surface area contributed by atoms with Crippen molar-refractivity contribution in [2.24, 2.45) is 0 Å². The van der Waals surface area contributed by atoms with Gasteiger partial charge in [0.05, 0.1) is 10.7 Å². The number of thiazole rings is 1. The van der Waals surface area contributed by atoms with Gasteiger partial charge in [0.2, 0.25) is 0 Å². The van der Waals surface area contributed by atoms with Crippen molar-refractivity contribution in [3.63, 3.8) is 0 Å². The van der Waals surface area contributed by atoms with E-state index < -0.39 is 11.9 Å². The molecule has 8 heteroatoms. The van der Waals surface area contributed by atoms with E-state index in [0.29, 0.717) is 12.5 Å². The summed E-state index contributed by atoms with van der Waals surface area (Å²) in [5.41, 5.74) is 0.608. The predicted molar refractivity (Wildman–Crippen MR) is 93.9 cm³/mol. The molecule has 4 nitrogen and oxygen atoms in total. The first-order valence-electron chi connectivity index (χ1n) is 8.89. The van der Waals surface area contributed by atoms with Crippen LogP contribution in [0.2, 0.25) is 0 Å². The minimum absolute atomic E-state index is 0.252. The van der Waals surface area contributed by atoms with Gasteiger partial charge in [-0.3, -0.25) is 14.8 Å². The fraction of sp³-hybridized carbons (Fsp3) is 0.556. The van der Waals surface area contributed by atoms with E-state index >= 15 is 0 Å². The third kappa shape index (κ3) is 4.24. The molecular formula is C18H21F3N4S. The average Bonchev–Trinajstić information content (AvgIpc) is 3.36. The van der Waals surface area contributed by atoms with Gasteiger partial charge in [0, 0.05) is 56.8 Å². The van der Waals surface area contributed by atoms with E-state index in [1.54, 1.807) is 17.4 Å². The molecule has 0 radical (unpaired) electrons. The van der Waals surface area contributed by atoms with Crippen molar-refractivity contribution in [3.05, 3.63) is 45.7 Å². The standard InChI is InChI=1S/C18H21F3N4S/c19-18(20,21)16-14(2-1-5-22-16)10-24-6-8-25(9-7-24)11-15-12-26-17(23-15)13-3-4-13/h1-2,5,12-13H,3-4,6-11H2. The first-order valence-corrected chi connectivity index (χ1v) is 9.77. The van der Waals surface area contributed by atoms with Gasteiger partial charge >= 0.3 is 6.18 Å². The lowest BCUT2D eigenvalue weighted by Gasteiger charge is -2.34. The molecule has 0 bridgehead atoms. The molecule has 0 atom stereocenters. The van der Waals surface area contributed by atoms with Gasteiger partial charge in [0.25, 0.3) is 0 Å². The van der Waals surface area contributed by atoms with Crippen LogP contribution in [0.4, 0.5) is 13.2 Å². The topological polar surface area (TPSA) is 32.3 Å². The number of rotatable bonds is 5. The van der Waals surface area contributed by atoms with Crippen molar-refractivity contribution in [1.29, 1.82) is 0 Å². The minimum atomic E-state index is -4.40. The number of halogens is 3. The fourth-order valence-electron chi connectivity index (χ4n) is 3.31. The molecule has 2 aliphatic rings. The van der Waals surface area contributed by atoms with Gasteiger partial charge < -0.3 is 0 Å². The van der Waals surface area contributed by atoms with Gasteiger partial charge in [-0.05, 0) is 24.5 Å². The van der Waals surface area contributed by atoms with Crippen LogP contribution >= 0.6 is 11.3 Å². The van der Waals surface area contributed by atoms with Gasteiger partial charge in [-0.25, -0.2) is 4.98 Å². The molecule has 1 saturated heterocycles. The van der Waals surface area contributed by atoms with Crippen molar-refractivity contribution in [1.82, 2.24) is 19.8 Å². The maximum atomic E-state index is 13.1. The molecular weight excluding hydrogens is 361 g/mol. The Hall–Kier alpha value is -1.51. The number of aromatic nitrogens is 2. The van der Waals surface area contributed by atoms with Crippen LogP contribution < -0.4 is 0 Å². The van der Waals surface area contributed by atoms with Crippen LogP contribution in [0.25, 0.3) is 0 Å². The first kappa shape index (κ1) is 17.9. The predicted octanol–water partition coefficient (Wildman–Crippen LogP) is 3.75. The van der Waals surface area contributed by atoms with E-state index in [1.807, 2.05) is 0 Å². The van der Waals surface area contributed by atoms with Gasteiger partial charge in [-0.1, -0.05) is 6.07 Å². The molecule has 4 rings (SSSR count). The van der Waals surface area contributed by atoms with Gasteiger partial charge in [0.15, 0.2) is 0 Å². The van der Waals surface area contributed by atoms with Crippen LogP contribution in [0.15, 0.2) is 23.7 Å². The normalized spacial score (nSPS) is 19.8. The Balaban J connectivity index is 1.31. The van der Waals surface area contributed by atoms with E-state index in [1.165, 1.54) is 30.1 Å². The van der Waals surface area contributed by atoms with Crippen molar-refractivity contribution in [2.75, 3.05) is 26.2 Å². The number of alkyl halides is 3. The fourth-order valence-corrected chi connectivity index (χ4v) is 4.29. The summed E-state index contributed by atoms with van der Waals surface area (Å²) in [6.07, 6.45) is -0.671. The number of hydrogen-bond donors (Lipinski definition) is 0. The number of piperazine rings is 1. The number of nitrogens with zero attached hydrogens (tertiary/aromatic N) is 4. The van der Waals surface area contributed by atoms with Gasteiger partial charge in [-0.2, -0.15) is 13.2 Å². The summed E-state index contributed by atoms with van der Waals surface area (Å²) >= 11 is 1.75. The van der Waals surface area contributed by atoms with Crippen LogP contribution in [0.1, 0.15) is 40.7 Å². The van der Waals surface area contributed by atoms with E-state index in [-0.39, 0.29) is 5.56 Å². The summed E-state index contributed by atoms with van der Waals surface area (Å²) in [7, 11) is 0. The second kappa shape index (κ2) is 7.25. The third-order valence-electron chi connectivity index (χ3n) is 4.90. The van der Waals surface area contributed by atoms with Crippen molar-refractivity contribution < 1.29 is 13.2 Å². The Bertz CT molecular complexity index is 749. The van der Waals surface area contributed by atoms with Crippen molar-refractivity contribution in [2.45, 2.75) is 38.0 Å². The molecule has 2 fully saturated rings. The summed E-state index contributed by atoms with van der Waals surface area (Å²) in [6, 6.07) is 3.09. The summed E-state index contributed by atoms with van der Waals surface area (Å²) in [5.74, 6) is 0.688. The third-order valence-corrected chi connectivity index (χ3v) is 5.96. The lowest BCUT2D eigenvalue weighted by atomic mass is 10.1. The van der Waals surface area contributed by atoms with Crippen LogP contribution in [-0.4, -0.2) is 45.9 Å². The Morgan fingerprint density at radius 2 is 1.77 bits per heavy atom. The largest absolute Gasteiger partial charge is 0.433 e. The molecule has 3 heterocycles. The second-order valence-electron chi connectivity index (χ2n) is 7.01. The maximum Gasteiger partial charge on any atom is 0.433 e. The molecule has 0 N–H and O–H groups in total. The highest BCUT2D eigenvalue weighted by molar-refractivity contribution is 7.09. The summed E-state index contributed by atoms with van der Waals surface area (Å²) in [4.78, 5) is 12.7. The maximum absolute atomic E-state index is 13.1. The zero-order valence-electron chi connectivity index (χ0n) is 14.4. The van der Waals surface area contributed by atoms with E-state index in [2.05, 4.69) is 20.2 Å². The highest BCUT2D eigenvalue weighted by Gasteiger charge is 2.35. The first-order chi connectivity index (χ1) is 12.5. The Morgan fingerprint density at radius 1 is 1.08 bits per heavy atom. The smallest absolute Gasteiger partial charge is 0.296 e. The van der Waals surface area contributed by atoms with Crippen LogP contribution in [0, 0.1) is 0 Å². The molecule has 1 saturated carbocycles. The zero-order chi connectivity index (χ0) is 18.1. The van der Waals surface area contributed by atoms with E-state index in [0.717, 1.165) is 38.4 Å². The average molecular weight is 382 g/mol. The molecule has 0 unspecified atom stereocenters. The Kier molecular flexibility index (Phi) is 4.98. The quantitative estimate of drug-likeness (QED) is 0.788. The monoisotopic (exact) mass is 382 g/mol. The highest BCUT2D eigenvalue weighted by Crippen LogP contribution is 2.41. The van der Waals surface area contributed by atoms with Crippen molar-refractivity contribution in [3.8, 4) is 0 Å². The second-order valence-corrected chi connectivity index (χ2v) is 7.90. The molecule has 140 valence electrons. The lowest BCUT2D eigenvalue weighted by molar-refractivity contribution is -0.142. The van der Waals surface area contributed by atoms with E-state index in [4.69, 9.17) is 4.98 Å². The van der Waals surface area contributed by atoms with Crippen molar-refractivity contribution >= 4 is 11.3 Å². The van der Waals surface area contributed by atoms with Gasteiger partial charge in [-0.15, -0.1) is 11.3 Å². The summed E-state index contributed by atoms with van der Waals surface area (Å²) in [6.45, 7) is 4.32. The molecule has 2 aromatic rings. The molecule has 2 aromatic heterocycles.